The molecule has 0 saturated carbocycles. The molecule has 3 aromatic rings. The van der Waals surface area contributed by atoms with Crippen molar-refractivity contribution in [3.63, 3.8) is 0 Å². The lowest BCUT2D eigenvalue weighted by Crippen LogP contribution is -2.42. The van der Waals surface area contributed by atoms with Crippen LogP contribution in [0, 0.1) is 0 Å². The molecule has 0 amide bonds. The smallest absolute Gasteiger partial charge is 0.406 e. The zero-order valence-electron chi connectivity index (χ0n) is 19.6. The lowest BCUT2D eigenvalue weighted by molar-refractivity contribution is -0.275. The minimum atomic E-state index is -5.02. The molecule has 0 aliphatic carbocycles. The summed E-state index contributed by atoms with van der Waals surface area (Å²) in [5.74, 6) is -1.18. The fourth-order valence-electron chi connectivity index (χ4n) is 4.10. The fourth-order valence-corrected chi connectivity index (χ4v) is 4.10. The first-order chi connectivity index (χ1) is 17.7. The summed E-state index contributed by atoms with van der Waals surface area (Å²) in [6.45, 7) is -0.791. The molecule has 0 heterocycles. The summed E-state index contributed by atoms with van der Waals surface area (Å²) < 4.78 is 124. The highest BCUT2D eigenvalue weighted by Gasteiger charge is 2.38. The minimum Gasteiger partial charge on any atom is -0.406 e. The maximum Gasteiger partial charge on any atom is 0.573 e. The van der Waals surface area contributed by atoms with Crippen LogP contribution in [0.5, 0.6) is 11.5 Å². The van der Waals surface area contributed by atoms with Crippen molar-refractivity contribution in [1.82, 2.24) is 5.32 Å². The number of ether oxygens (including phenoxy) is 2. The minimum absolute atomic E-state index is 0.0117. The SMILES string of the molecule is FC(F)(F)CCNCC(Cc1ccccc1)(c1cccc(OC(F)(F)F)c1)c1cccc(OC(F)(F)F)c1. The molecule has 0 bridgehead atoms. The molecule has 0 aromatic heterocycles. The van der Waals surface area contributed by atoms with Gasteiger partial charge < -0.3 is 14.8 Å². The average molecular weight is 551 g/mol. The number of hydrogen-bond donors (Lipinski definition) is 1. The predicted octanol–water partition coefficient (Wildman–Crippen LogP) is 7.55. The van der Waals surface area contributed by atoms with Crippen LogP contribution in [0.3, 0.4) is 0 Å². The summed E-state index contributed by atoms with van der Waals surface area (Å²) >= 11 is 0. The Hall–Kier alpha value is -3.41. The van der Waals surface area contributed by atoms with Crippen molar-refractivity contribution >= 4 is 0 Å². The third-order valence-electron chi connectivity index (χ3n) is 5.60. The van der Waals surface area contributed by atoms with E-state index in [0.717, 1.165) is 24.3 Å². The molecule has 0 unspecified atom stereocenters. The Labute approximate surface area is 212 Å². The summed E-state index contributed by atoms with van der Waals surface area (Å²) in [5.41, 5.74) is -0.448. The highest BCUT2D eigenvalue weighted by molar-refractivity contribution is 5.47. The lowest BCUT2D eigenvalue weighted by Gasteiger charge is -2.36. The average Bonchev–Trinajstić information content (AvgIpc) is 2.79. The molecule has 0 fully saturated rings. The largest absolute Gasteiger partial charge is 0.573 e. The van der Waals surface area contributed by atoms with E-state index in [2.05, 4.69) is 14.8 Å². The Bertz CT molecular complexity index is 1120. The first-order valence-corrected chi connectivity index (χ1v) is 11.2. The monoisotopic (exact) mass is 551 g/mol. The first kappa shape index (κ1) is 29.2. The van der Waals surface area contributed by atoms with Gasteiger partial charge in [-0.05, 0) is 47.4 Å². The van der Waals surface area contributed by atoms with Crippen molar-refractivity contribution in [1.29, 1.82) is 0 Å². The molecule has 0 atom stereocenters. The summed E-state index contributed by atoms with van der Waals surface area (Å²) in [4.78, 5) is 0. The van der Waals surface area contributed by atoms with Crippen LogP contribution in [-0.4, -0.2) is 32.0 Å². The van der Waals surface area contributed by atoms with Gasteiger partial charge in [0.05, 0.1) is 6.42 Å². The molecule has 0 aliphatic heterocycles. The number of benzene rings is 3. The van der Waals surface area contributed by atoms with E-state index in [1.807, 2.05) is 0 Å². The molecule has 206 valence electrons. The Morgan fingerprint density at radius 1 is 0.605 bits per heavy atom. The molecule has 38 heavy (non-hydrogen) atoms. The van der Waals surface area contributed by atoms with Crippen LogP contribution >= 0.6 is 0 Å². The van der Waals surface area contributed by atoms with E-state index in [9.17, 15) is 39.5 Å². The van der Waals surface area contributed by atoms with Gasteiger partial charge in [-0.1, -0.05) is 54.6 Å². The lowest BCUT2D eigenvalue weighted by atomic mass is 9.70. The van der Waals surface area contributed by atoms with Crippen molar-refractivity contribution in [3.8, 4) is 11.5 Å². The van der Waals surface area contributed by atoms with Gasteiger partial charge in [0.2, 0.25) is 0 Å². The van der Waals surface area contributed by atoms with Gasteiger partial charge in [-0.25, -0.2) is 0 Å². The van der Waals surface area contributed by atoms with E-state index in [-0.39, 0.29) is 24.1 Å². The number of halogens is 9. The van der Waals surface area contributed by atoms with Gasteiger partial charge in [-0.2, -0.15) is 13.2 Å². The van der Waals surface area contributed by atoms with Crippen molar-refractivity contribution in [2.45, 2.75) is 37.2 Å². The maximum atomic E-state index is 12.9. The van der Waals surface area contributed by atoms with E-state index < -0.39 is 48.8 Å². The van der Waals surface area contributed by atoms with Gasteiger partial charge in [-0.15, -0.1) is 26.3 Å². The third kappa shape index (κ3) is 8.86. The van der Waals surface area contributed by atoms with E-state index in [4.69, 9.17) is 0 Å². The Kier molecular flexibility index (Phi) is 8.86. The Morgan fingerprint density at radius 3 is 1.55 bits per heavy atom. The molecule has 3 nitrogen and oxygen atoms in total. The topological polar surface area (TPSA) is 30.5 Å². The van der Waals surface area contributed by atoms with E-state index >= 15 is 0 Å². The highest BCUT2D eigenvalue weighted by atomic mass is 19.4. The van der Waals surface area contributed by atoms with Gasteiger partial charge in [0.1, 0.15) is 11.5 Å². The molecule has 3 aromatic carbocycles. The number of rotatable bonds is 10. The summed E-state index contributed by atoms with van der Waals surface area (Å²) in [6.07, 6.45) is -15.7. The van der Waals surface area contributed by atoms with Gasteiger partial charge in [0, 0.05) is 18.5 Å². The second kappa shape index (κ2) is 11.5. The van der Waals surface area contributed by atoms with Crippen molar-refractivity contribution in [2.24, 2.45) is 0 Å². The number of nitrogens with one attached hydrogen (secondary N) is 1. The van der Waals surface area contributed by atoms with E-state index in [1.54, 1.807) is 30.3 Å². The molecule has 12 heteroatoms. The zero-order valence-corrected chi connectivity index (χ0v) is 19.6. The molecule has 0 saturated heterocycles. The quantitative estimate of drug-likeness (QED) is 0.209. The van der Waals surface area contributed by atoms with E-state index in [0.29, 0.717) is 5.56 Å². The number of alkyl halides is 9. The molecule has 1 N–H and O–H groups in total. The zero-order chi connectivity index (χ0) is 28.0. The summed E-state index contributed by atoms with van der Waals surface area (Å²) in [7, 11) is 0. The number of hydrogen-bond acceptors (Lipinski definition) is 3. The second-order valence-electron chi connectivity index (χ2n) is 8.44. The van der Waals surface area contributed by atoms with Gasteiger partial charge >= 0.3 is 18.9 Å². The van der Waals surface area contributed by atoms with Crippen LogP contribution in [-0.2, 0) is 11.8 Å². The summed E-state index contributed by atoms with van der Waals surface area (Å²) in [5, 5.41) is 2.69. The van der Waals surface area contributed by atoms with Gasteiger partial charge in [-0.3, -0.25) is 0 Å². The molecule has 0 radical (unpaired) electrons. The van der Waals surface area contributed by atoms with Crippen LogP contribution in [0.2, 0.25) is 0 Å². The third-order valence-corrected chi connectivity index (χ3v) is 5.60. The van der Waals surface area contributed by atoms with Gasteiger partial charge in [0.15, 0.2) is 0 Å². The van der Waals surface area contributed by atoms with E-state index in [1.165, 1.54) is 24.3 Å². The Morgan fingerprint density at radius 2 is 1.11 bits per heavy atom. The Balaban J connectivity index is 2.16. The molecule has 0 aliphatic rings. The van der Waals surface area contributed by atoms with Crippen LogP contribution in [0.15, 0.2) is 78.9 Å². The summed E-state index contributed by atoms with van der Waals surface area (Å²) in [6, 6.07) is 18.1. The normalized spacial score (nSPS) is 12.9. The van der Waals surface area contributed by atoms with Crippen LogP contribution in [0.25, 0.3) is 0 Å². The van der Waals surface area contributed by atoms with Gasteiger partial charge in [0.25, 0.3) is 0 Å². The molecule has 3 rings (SSSR count). The predicted molar refractivity (Wildman–Crippen MR) is 121 cm³/mol. The van der Waals surface area contributed by atoms with Crippen molar-refractivity contribution in [3.05, 3.63) is 95.6 Å². The molecular formula is C26H22F9NO2. The maximum absolute atomic E-state index is 12.9. The first-order valence-electron chi connectivity index (χ1n) is 11.2. The molecular weight excluding hydrogens is 529 g/mol. The van der Waals surface area contributed by atoms with Crippen LogP contribution in [0.4, 0.5) is 39.5 Å². The van der Waals surface area contributed by atoms with Crippen LogP contribution < -0.4 is 14.8 Å². The second-order valence-corrected chi connectivity index (χ2v) is 8.44. The standard InChI is InChI=1S/C26H22F9NO2/c27-24(28,29)12-13-36-17-23(16-18-6-2-1-3-7-18,19-8-4-10-21(14-19)37-25(30,31)32)20-9-5-11-22(15-20)38-26(33,34)35/h1-11,14-15,36H,12-13,16-17H2. The van der Waals surface area contributed by atoms with Crippen LogP contribution in [0.1, 0.15) is 23.1 Å². The fraction of sp³-hybridized carbons (Fsp3) is 0.308. The van der Waals surface area contributed by atoms with Crippen molar-refractivity contribution in [2.75, 3.05) is 13.1 Å². The highest BCUT2D eigenvalue weighted by Crippen LogP contribution is 2.40. The van der Waals surface area contributed by atoms with Crippen molar-refractivity contribution < 1.29 is 49.0 Å². The molecule has 0 spiro atoms.